The van der Waals surface area contributed by atoms with E-state index < -0.39 is 0 Å². The highest BCUT2D eigenvalue weighted by Crippen LogP contribution is 2.21. The number of aldehydes is 2. The van der Waals surface area contributed by atoms with Crippen molar-refractivity contribution >= 4 is 40.2 Å². The van der Waals surface area contributed by atoms with Gasteiger partial charge in [0, 0.05) is 42.5 Å². The molecule has 0 fully saturated rings. The minimum absolute atomic E-state index is 0.632. The van der Waals surface area contributed by atoms with Crippen LogP contribution in [0.4, 0.5) is 5.69 Å². The second kappa shape index (κ2) is 9.99. The summed E-state index contributed by atoms with van der Waals surface area (Å²) in [5.41, 5.74) is 5.19. The number of hydrogen-bond donors (Lipinski definition) is 2. The van der Waals surface area contributed by atoms with Gasteiger partial charge in [-0.25, -0.2) is 4.98 Å². The minimum Gasteiger partial charge on any atom is -0.387 e. The Kier molecular flexibility index (Phi) is 7.15. The standard InChI is InChI=1S/C14H16N2O2.C9H12N4/c1-15-5-2-6-16-13(10-18)8-12-4-3-11(9-17)7-14(12)16;1-6-8-4-7(10-2)5-11-9(8)13(3)12-6/h3-4,7-10,15H,2,5-6H2,1H3;4-5,10H,1-3H3. The van der Waals surface area contributed by atoms with Crippen LogP contribution in [0.15, 0.2) is 36.5 Å². The molecule has 0 saturated heterocycles. The lowest BCUT2D eigenvalue weighted by atomic mass is 10.2. The van der Waals surface area contributed by atoms with Crippen molar-refractivity contribution in [3.05, 3.63) is 53.5 Å². The monoisotopic (exact) mass is 420 g/mol. The van der Waals surface area contributed by atoms with Gasteiger partial charge in [-0.3, -0.25) is 14.3 Å². The van der Waals surface area contributed by atoms with Crippen molar-refractivity contribution in [3.63, 3.8) is 0 Å². The predicted molar refractivity (Wildman–Crippen MR) is 124 cm³/mol. The topological polar surface area (TPSA) is 93.8 Å². The van der Waals surface area contributed by atoms with Crippen molar-refractivity contribution < 1.29 is 9.59 Å². The third-order valence-corrected chi connectivity index (χ3v) is 5.18. The van der Waals surface area contributed by atoms with Gasteiger partial charge < -0.3 is 15.2 Å². The average Bonchev–Trinajstić information content (AvgIpc) is 3.29. The molecule has 3 aromatic heterocycles. The maximum atomic E-state index is 11.1. The Hall–Kier alpha value is -3.52. The van der Waals surface area contributed by atoms with Gasteiger partial charge in [0.1, 0.15) is 6.29 Å². The van der Waals surface area contributed by atoms with Gasteiger partial charge in [-0.05, 0) is 45.1 Å². The number of carbonyl (C=O) groups excluding carboxylic acids is 2. The van der Waals surface area contributed by atoms with E-state index in [4.69, 9.17) is 0 Å². The van der Waals surface area contributed by atoms with Crippen LogP contribution >= 0.6 is 0 Å². The van der Waals surface area contributed by atoms with Crippen molar-refractivity contribution in [1.29, 1.82) is 0 Å². The first-order valence-corrected chi connectivity index (χ1v) is 10.2. The number of nitrogens with zero attached hydrogens (tertiary/aromatic N) is 4. The molecule has 2 N–H and O–H groups in total. The molecule has 4 rings (SSSR count). The molecule has 0 atom stereocenters. The summed E-state index contributed by atoms with van der Waals surface area (Å²) in [6.07, 6.45) is 4.43. The molecule has 0 amide bonds. The Bertz CT molecular complexity index is 1210. The van der Waals surface area contributed by atoms with E-state index in [1.165, 1.54) is 0 Å². The zero-order valence-corrected chi connectivity index (χ0v) is 18.3. The fourth-order valence-corrected chi connectivity index (χ4v) is 3.57. The van der Waals surface area contributed by atoms with Gasteiger partial charge in [-0.1, -0.05) is 12.1 Å². The Labute approximate surface area is 181 Å². The van der Waals surface area contributed by atoms with Crippen LogP contribution in [-0.2, 0) is 13.6 Å². The first-order valence-electron chi connectivity index (χ1n) is 10.2. The van der Waals surface area contributed by atoms with E-state index >= 15 is 0 Å². The fourth-order valence-electron chi connectivity index (χ4n) is 3.57. The zero-order valence-electron chi connectivity index (χ0n) is 18.3. The first kappa shape index (κ1) is 22.2. The quantitative estimate of drug-likeness (QED) is 0.352. The van der Waals surface area contributed by atoms with E-state index in [1.54, 1.807) is 10.7 Å². The van der Waals surface area contributed by atoms with Crippen LogP contribution < -0.4 is 10.6 Å². The lowest BCUT2D eigenvalue weighted by Gasteiger charge is -2.07. The molecular formula is C23H28N6O2. The number of aryl methyl sites for hydroxylation is 3. The van der Waals surface area contributed by atoms with Crippen LogP contribution in [0.1, 0.15) is 33.0 Å². The Morgan fingerprint density at radius 1 is 1.10 bits per heavy atom. The van der Waals surface area contributed by atoms with Crippen molar-refractivity contribution in [1.82, 2.24) is 24.6 Å². The Balaban J connectivity index is 0.000000185. The van der Waals surface area contributed by atoms with Gasteiger partial charge in [0.05, 0.1) is 23.3 Å². The van der Waals surface area contributed by atoms with Gasteiger partial charge in [-0.2, -0.15) is 5.10 Å². The second-order valence-corrected chi connectivity index (χ2v) is 7.29. The molecule has 0 aliphatic carbocycles. The van der Waals surface area contributed by atoms with E-state index in [0.29, 0.717) is 11.3 Å². The molecule has 4 aromatic rings. The molecule has 0 spiro atoms. The van der Waals surface area contributed by atoms with Crippen molar-refractivity contribution in [3.8, 4) is 0 Å². The molecule has 0 unspecified atom stereocenters. The number of carbonyl (C=O) groups is 2. The van der Waals surface area contributed by atoms with Crippen LogP contribution in [-0.4, -0.2) is 52.5 Å². The van der Waals surface area contributed by atoms with Crippen LogP contribution in [0.3, 0.4) is 0 Å². The molecular weight excluding hydrogens is 392 g/mol. The largest absolute Gasteiger partial charge is 0.387 e. The number of nitrogens with one attached hydrogen (secondary N) is 2. The first-order chi connectivity index (χ1) is 15.0. The highest BCUT2D eigenvalue weighted by molar-refractivity contribution is 5.92. The van der Waals surface area contributed by atoms with Crippen molar-refractivity contribution in [2.75, 3.05) is 26.0 Å². The molecule has 1 aromatic carbocycles. The van der Waals surface area contributed by atoms with Crippen LogP contribution in [0.5, 0.6) is 0 Å². The summed E-state index contributed by atoms with van der Waals surface area (Å²) < 4.78 is 3.76. The number of hydrogen-bond acceptors (Lipinski definition) is 6. The smallest absolute Gasteiger partial charge is 0.166 e. The van der Waals surface area contributed by atoms with Crippen molar-refractivity contribution in [2.45, 2.75) is 19.9 Å². The van der Waals surface area contributed by atoms with Gasteiger partial charge in [0.25, 0.3) is 0 Å². The van der Waals surface area contributed by atoms with Gasteiger partial charge >= 0.3 is 0 Å². The molecule has 3 heterocycles. The van der Waals surface area contributed by atoms with Crippen LogP contribution in [0, 0.1) is 6.92 Å². The molecule has 0 saturated carbocycles. The molecule has 0 aliphatic heterocycles. The number of rotatable bonds is 7. The van der Waals surface area contributed by atoms with E-state index in [9.17, 15) is 9.59 Å². The summed E-state index contributed by atoms with van der Waals surface area (Å²) >= 11 is 0. The van der Waals surface area contributed by atoms with E-state index in [-0.39, 0.29) is 0 Å². The highest BCUT2D eigenvalue weighted by atomic mass is 16.1. The summed E-state index contributed by atoms with van der Waals surface area (Å²) in [5, 5.41) is 12.5. The Morgan fingerprint density at radius 3 is 2.58 bits per heavy atom. The third-order valence-electron chi connectivity index (χ3n) is 5.18. The second-order valence-electron chi connectivity index (χ2n) is 7.29. The maximum absolute atomic E-state index is 11.1. The summed E-state index contributed by atoms with van der Waals surface area (Å²) in [6, 6.07) is 9.39. The minimum atomic E-state index is 0.632. The highest BCUT2D eigenvalue weighted by Gasteiger charge is 2.08. The molecule has 162 valence electrons. The van der Waals surface area contributed by atoms with Gasteiger partial charge in [0.2, 0.25) is 0 Å². The summed E-state index contributed by atoms with van der Waals surface area (Å²) in [4.78, 5) is 26.2. The summed E-state index contributed by atoms with van der Waals surface area (Å²) in [5.74, 6) is 0. The number of pyridine rings is 1. The van der Waals surface area contributed by atoms with Crippen LogP contribution in [0.25, 0.3) is 21.9 Å². The fraction of sp³-hybridized carbons (Fsp3) is 0.304. The lowest BCUT2D eigenvalue weighted by molar-refractivity contribution is 0.111. The summed E-state index contributed by atoms with van der Waals surface area (Å²) in [6.45, 7) is 3.65. The normalized spacial score (nSPS) is 10.7. The van der Waals surface area contributed by atoms with Gasteiger partial charge in [-0.15, -0.1) is 0 Å². The third kappa shape index (κ3) is 4.80. The molecule has 0 aliphatic rings. The maximum Gasteiger partial charge on any atom is 0.166 e. The number of anilines is 1. The molecule has 0 bridgehead atoms. The summed E-state index contributed by atoms with van der Waals surface area (Å²) in [7, 11) is 5.69. The number of aromatic nitrogens is 4. The van der Waals surface area contributed by atoms with Gasteiger partial charge in [0.15, 0.2) is 11.9 Å². The predicted octanol–water partition coefficient (Wildman–Crippen LogP) is 3.19. The molecule has 0 radical (unpaired) electrons. The van der Waals surface area contributed by atoms with E-state index in [1.807, 2.05) is 57.0 Å². The van der Waals surface area contributed by atoms with Crippen molar-refractivity contribution in [2.24, 2.45) is 7.05 Å². The lowest BCUT2D eigenvalue weighted by Crippen LogP contribution is -2.12. The van der Waals surface area contributed by atoms with Crippen LogP contribution in [0.2, 0.25) is 0 Å². The molecule has 31 heavy (non-hydrogen) atoms. The number of benzene rings is 1. The Morgan fingerprint density at radius 2 is 1.90 bits per heavy atom. The number of fused-ring (bicyclic) bond motifs is 2. The zero-order chi connectivity index (χ0) is 22.4. The average molecular weight is 421 g/mol. The van der Waals surface area contributed by atoms with E-state index in [2.05, 4.69) is 26.8 Å². The SMILES string of the molecule is CNCCCn1c(C=O)cc2ccc(C=O)cc21.CNc1cnc2c(c1)c(C)nn2C. The van der Waals surface area contributed by atoms with E-state index in [0.717, 1.165) is 65.4 Å². The molecule has 8 nitrogen and oxygen atoms in total. The molecule has 8 heteroatoms.